The highest BCUT2D eigenvalue weighted by Gasteiger charge is 2.39. The van der Waals surface area contributed by atoms with Crippen LogP contribution in [0.25, 0.3) is 0 Å². The van der Waals surface area contributed by atoms with Gasteiger partial charge in [-0.05, 0) is 18.8 Å². The monoisotopic (exact) mass is 184 g/mol. The van der Waals surface area contributed by atoms with Gasteiger partial charge in [-0.1, -0.05) is 19.1 Å². The van der Waals surface area contributed by atoms with E-state index in [1.807, 2.05) is 0 Å². The second-order valence-corrected chi connectivity index (χ2v) is 4.31. The van der Waals surface area contributed by atoms with Gasteiger partial charge in [0.15, 0.2) is 0 Å². The lowest BCUT2D eigenvalue weighted by atomic mass is 9.87. The summed E-state index contributed by atoms with van der Waals surface area (Å²) in [6, 6.07) is 0. The zero-order chi connectivity index (χ0) is 9.90. The topological polar surface area (TPSA) is 18.5 Å². The van der Waals surface area contributed by atoms with Gasteiger partial charge in [-0.3, -0.25) is 0 Å². The Morgan fingerprint density at radius 2 is 1.92 bits per heavy atom. The SMILES string of the molecule is C=C1CC(COC)(COC)CC1C. The molecule has 1 aliphatic rings. The van der Waals surface area contributed by atoms with Crippen molar-refractivity contribution in [1.82, 2.24) is 0 Å². The number of rotatable bonds is 4. The normalized spacial score (nSPS) is 26.7. The summed E-state index contributed by atoms with van der Waals surface area (Å²) >= 11 is 0. The van der Waals surface area contributed by atoms with Crippen LogP contribution < -0.4 is 0 Å². The van der Waals surface area contributed by atoms with Gasteiger partial charge < -0.3 is 9.47 Å². The molecule has 0 bridgehead atoms. The average molecular weight is 184 g/mol. The van der Waals surface area contributed by atoms with Crippen molar-refractivity contribution in [2.45, 2.75) is 19.8 Å². The number of hydrogen-bond donors (Lipinski definition) is 0. The van der Waals surface area contributed by atoms with Crippen LogP contribution in [-0.4, -0.2) is 27.4 Å². The smallest absolute Gasteiger partial charge is 0.0544 e. The maximum atomic E-state index is 5.26. The highest BCUT2D eigenvalue weighted by Crippen LogP contribution is 2.44. The molecule has 0 aromatic rings. The van der Waals surface area contributed by atoms with Crippen LogP contribution >= 0.6 is 0 Å². The minimum Gasteiger partial charge on any atom is -0.384 e. The van der Waals surface area contributed by atoms with Gasteiger partial charge in [-0.2, -0.15) is 0 Å². The molecule has 0 amide bonds. The first-order chi connectivity index (χ1) is 6.13. The summed E-state index contributed by atoms with van der Waals surface area (Å²) in [5.41, 5.74) is 1.54. The summed E-state index contributed by atoms with van der Waals surface area (Å²) in [6.07, 6.45) is 2.20. The van der Waals surface area contributed by atoms with Crippen LogP contribution in [0.5, 0.6) is 0 Å². The molecular weight excluding hydrogens is 164 g/mol. The first-order valence-corrected chi connectivity index (χ1v) is 4.79. The summed E-state index contributed by atoms with van der Waals surface area (Å²) in [6.45, 7) is 7.88. The van der Waals surface area contributed by atoms with Crippen LogP contribution in [0.4, 0.5) is 0 Å². The van der Waals surface area contributed by atoms with Crippen molar-refractivity contribution in [1.29, 1.82) is 0 Å². The van der Waals surface area contributed by atoms with Gasteiger partial charge in [0.1, 0.15) is 0 Å². The fourth-order valence-electron chi connectivity index (χ4n) is 2.40. The molecule has 2 heteroatoms. The third-order valence-electron chi connectivity index (χ3n) is 2.94. The molecule has 1 rings (SSSR count). The lowest BCUT2D eigenvalue weighted by Gasteiger charge is -2.26. The number of ether oxygens (including phenoxy) is 2. The Bertz CT molecular complexity index is 181. The molecule has 1 saturated carbocycles. The molecule has 76 valence electrons. The van der Waals surface area contributed by atoms with E-state index in [0.717, 1.165) is 26.1 Å². The molecule has 0 aromatic heterocycles. The summed E-state index contributed by atoms with van der Waals surface area (Å²) in [4.78, 5) is 0. The van der Waals surface area contributed by atoms with E-state index in [9.17, 15) is 0 Å². The number of hydrogen-bond acceptors (Lipinski definition) is 2. The van der Waals surface area contributed by atoms with Gasteiger partial charge in [0.05, 0.1) is 13.2 Å². The Kier molecular flexibility index (Phi) is 3.51. The summed E-state index contributed by atoms with van der Waals surface area (Å²) in [5.74, 6) is 0.616. The van der Waals surface area contributed by atoms with Crippen LogP contribution in [0.1, 0.15) is 19.8 Å². The molecule has 0 N–H and O–H groups in total. The molecule has 0 radical (unpaired) electrons. The Morgan fingerprint density at radius 1 is 1.38 bits per heavy atom. The van der Waals surface area contributed by atoms with E-state index in [0.29, 0.717) is 5.92 Å². The van der Waals surface area contributed by atoms with Crippen LogP contribution in [-0.2, 0) is 9.47 Å². The lowest BCUT2D eigenvalue weighted by Crippen LogP contribution is -2.28. The van der Waals surface area contributed by atoms with E-state index in [1.165, 1.54) is 5.57 Å². The minimum absolute atomic E-state index is 0.194. The predicted octanol–water partition coefficient (Wildman–Crippen LogP) is 2.25. The molecule has 0 saturated heterocycles. The van der Waals surface area contributed by atoms with Gasteiger partial charge in [0, 0.05) is 19.6 Å². The van der Waals surface area contributed by atoms with Gasteiger partial charge in [0.25, 0.3) is 0 Å². The molecule has 0 heterocycles. The predicted molar refractivity (Wildman–Crippen MR) is 53.7 cm³/mol. The average Bonchev–Trinajstić information content (AvgIpc) is 2.29. The third kappa shape index (κ3) is 2.32. The molecule has 0 aromatic carbocycles. The molecule has 1 unspecified atom stereocenters. The molecule has 0 aliphatic heterocycles. The summed E-state index contributed by atoms with van der Waals surface area (Å²) < 4.78 is 10.5. The van der Waals surface area contributed by atoms with E-state index >= 15 is 0 Å². The highest BCUT2D eigenvalue weighted by molar-refractivity contribution is 5.12. The van der Waals surface area contributed by atoms with Crippen LogP contribution in [0.15, 0.2) is 12.2 Å². The van der Waals surface area contributed by atoms with Crippen molar-refractivity contribution in [2.24, 2.45) is 11.3 Å². The van der Waals surface area contributed by atoms with Crippen molar-refractivity contribution in [2.75, 3.05) is 27.4 Å². The Hall–Kier alpha value is -0.340. The largest absolute Gasteiger partial charge is 0.384 e. The zero-order valence-electron chi connectivity index (χ0n) is 8.93. The van der Waals surface area contributed by atoms with Crippen LogP contribution in [0.2, 0.25) is 0 Å². The van der Waals surface area contributed by atoms with E-state index in [1.54, 1.807) is 14.2 Å². The standard InChI is InChI=1S/C11H20O2/c1-9-5-11(7-12-3,8-13-4)6-10(9)2/h10H,1,5-8H2,2-4H3. The first kappa shape index (κ1) is 10.7. The maximum Gasteiger partial charge on any atom is 0.0544 e. The van der Waals surface area contributed by atoms with Crippen LogP contribution in [0, 0.1) is 11.3 Å². The Morgan fingerprint density at radius 3 is 2.23 bits per heavy atom. The van der Waals surface area contributed by atoms with Gasteiger partial charge in [0.2, 0.25) is 0 Å². The maximum absolute atomic E-state index is 5.26. The number of methoxy groups -OCH3 is 2. The van der Waals surface area contributed by atoms with Crippen molar-refractivity contribution < 1.29 is 9.47 Å². The first-order valence-electron chi connectivity index (χ1n) is 4.79. The summed E-state index contributed by atoms with van der Waals surface area (Å²) in [7, 11) is 3.51. The molecule has 13 heavy (non-hydrogen) atoms. The van der Waals surface area contributed by atoms with Gasteiger partial charge in [-0.25, -0.2) is 0 Å². The van der Waals surface area contributed by atoms with E-state index in [2.05, 4.69) is 13.5 Å². The zero-order valence-corrected chi connectivity index (χ0v) is 8.93. The molecule has 1 atom stereocenters. The highest BCUT2D eigenvalue weighted by atomic mass is 16.5. The van der Waals surface area contributed by atoms with Crippen molar-refractivity contribution in [3.63, 3.8) is 0 Å². The van der Waals surface area contributed by atoms with Crippen molar-refractivity contribution >= 4 is 0 Å². The fourth-order valence-corrected chi connectivity index (χ4v) is 2.40. The fraction of sp³-hybridized carbons (Fsp3) is 0.818. The molecule has 1 fully saturated rings. The quantitative estimate of drug-likeness (QED) is 0.624. The van der Waals surface area contributed by atoms with Crippen LogP contribution in [0.3, 0.4) is 0 Å². The van der Waals surface area contributed by atoms with E-state index in [-0.39, 0.29) is 5.41 Å². The van der Waals surface area contributed by atoms with Gasteiger partial charge >= 0.3 is 0 Å². The second-order valence-electron chi connectivity index (χ2n) is 4.31. The molecular formula is C11H20O2. The molecule has 2 nitrogen and oxygen atoms in total. The number of allylic oxidation sites excluding steroid dienone is 1. The minimum atomic E-state index is 0.194. The summed E-state index contributed by atoms with van der Waals surface area (Å²) in [5, 5.41) is 0. The Labute approximate surface area is 80.9 Å². The molecule has 0 spiro atoms. The van der Waals surface area contributed by atoms with E-state index in [4.69, 9.17) is 9.47 Å². The second kappa shape index (κ2) is 4.25. The third-order valence-corrected chi connectivity index (χ3v) is 2.94. The van der Waals surface area contributed by atoms with E-state index < -0.39 is 0 Å². The van der Waals surface area contributed by atoms with Crippen molar-refractivity contribution in [3.8, 4) is 0 Å². The lowest BCUT2D eigenvalue weighted by molar-refractivity contribution is 0.0136. The van der Waals surface area contributed by atoms with Gasteiger partial charge in [-0.15, -0.1) is 0 Å². The molecule has 1 aliphatic carbocycles. The Balaban J connectivity index is 2.64. The van der Waals surface area contributed by atoms with Crippen molar-refractivity contribution in [3.05, 3.63) is 12.2 Å².